The van der Waals surface area contributed by atoms with Crippen molar-refractivity contribution in [3.8, 4) is 0 Å². The van der Waals surface area contributed by atoms with E-state index < -0.39 is 0 Å². The maximum absolute atomic E-state index is 9.30. The van der Waals surface area contributed by atoms with E-state index in [1.54, 1.807) is 7.05 Å². The van der Waals surface area contributed by atoms with Gasteiger partial charge in [0, 0.05) is 51.2 Å². The van der Waals surface area contributed by atoms with Gasteiger partial charge in [0.15, 0.2) is 5.96 Å². The zero-order valence-electron chi connectivity index (χ0n) is 15.1. The van der Waals surface area contributed by atoms with E-state index in [9.17, 15) is 5.11 Å². The van der Waals surface area contributed by atoms with Crippen LogP contribution in [-0.2, 0) is 17.8 Å². The lowest BCUT2D eigenvalue weighted by molar-refractivity contribution is 0.127. The van der Waals surface area contributed by atoms with Crippen LogP contribution < -0.4 is 10.6 Å². The van der Waals surface area contributed by atoms with Crippen molar-refractivity contribution in [2.75, 3.05) is 33.4 Å². The highest BCUT2D eigenvalue weighted by atomic mass is 16.5. The minimum absolute atomic E-state index is 0.00246. The van der Waals surface area contributed by atoms with Gasteiger partial charge in [0.05, 0.1) is 13.2 Å². The Morgan fingerprint density at radius 2 is 2.33 bits per heavy atom. The molecule has 7 heteroatoms. The van der Waals surface area contributed by atoms with Crippen molar-refractivity contribution >= 4 is 5.96 Å². The molecule has 0 aliphatic carbocycles. The molecule has 24 heavy (non-hydrogen) atoms. The summed E-state index contributed by atoms with van der Waals surface area (Å²) in [7, 11) is 1.76. The summed E-state index contributed by atoms with van der Waals surface area (Å²) < 4.78 is 7.70. The quantitative estimate of drug-likeness (QED) is 0.487. The molecule has 0 aromatic carbocycles. The topological polar surface area (TPSA) is 83.7 Å². The molecule has 1 unspecified atom stereocenters. The molecular weight excluding hydrogens is 306 g/mol. The fourth-order valence-corrected chi connectivity index (χ4v) is 3.03. The molecule has 7 nitrogen and oxygen atoms in total. The van der Waals surface area contributed by atoms with Crippen molar-refractivity contribution < 1.29 is 9.84 Å². The van der Waals surface area contributed by atoms with Crippen molar-refractivity contribution in [2.24, 2.45) is 16.3 Å². The molecule has 3 N–H and O–H groups in total. The molecule has 0 bridgehead atoms. The SMILES string of the molecule is CN=C(NCc1nccn1CC(C)C)NCC1(CCO)CCOC1. The first-order valence-electron chi connectivity index (χ1n) is 8.72. The van der Waals surface area contributed by atoms with E-state index in [1.807, 2.05) is 12.4 Å². The van der Waals surface area contributed by atoms with Crippen LogP contribution in [0.5, 0.6) is 0 Å². The number of hydrogen-bond donors (Lipinski definition) is 3. The highest BCUT2D eigenvalue weighted by Gasteiger charge is 2.34. The van der Waals surface area contributed by atoms with E-state index in [2.05, 4.69) is 39.0 Å². The maximum atomic E-state index is 9.30. The number of aliphatic hydroxyl groups is 1. The molecule has 0 amide bonds. The third kappa shape index (κ3) is 5.21. The van der Waals surface area contributed by atoms with Crippen LogP contribution >= 0.6 is 0 Å². The third-order valence-electron chi connectivity index (χ3n) is 4.46. The van der Waals surface area contributed by atoms with Crippen LogP contribution in [0, 0.1) is 11.3 Å². The predicted molar refractivity (Wildman–Crippen MR) is 94.8 cm³/mol. The maximum Gasteiger partial charge on any atom is 0.191 e. The summed E-state index contributed by atoms with van der Waals surface area (Å²) in [6, 6.07) is 0. The Hall–Kier alpha value is -1.60. The number of guanidine groups is 1. The summed E-state index contributed by atoms with van der Waals surface area (Å²) in [5.74, 6) is 2.33. The van der Waals surface area contributed by atoms with Gasteiger partial charge in [-0.05, 0) is 18.8 Å². The number of ether oxygens (including phenoxy) is 1. The normalized spacial score (nSPS) is 21.5. The molecule has 1 aliphatic heterocycles. The van der Waals surface area contributed by atoms with Gasteiger partial charge in [-0.3, -0.25) is 4.99 Å². The number of aliphatic hydroxyl groups excluding tert-OH is 1. The van der Waals surface area contributed by atoms with E-state index in [0.717, 1.165) is 44.3 Å². The van der Waals surface area contributed by atoms with Crippen molar-refractivity contribution in [1.29, 1.82) is 0 Å². The first-order chi connectivity index (χ1) is 11.6. The fraction of sp³-hybridized carbons (Fsp3) is 0.765. The number of imidazole rings is 1. The molecular formula is C17H31N5O2. The zero-order valence-corrected chi connectivity index (χ0v) is 15.1. The monoisotopic (exact) mass is 337 g/mol. The average molecular weight is 337 g/mol. The molecule has 1 atom stereocenters. The lowest BCUT2D eigenvalue weighted by atomic mass is 9.84. The molecule has 136 valence electrons. The molecule has 2 rings (SSSR count). The second-order valence-corrected chi connectivity index (χ2v) is 6.95. The minimum Gasteiger partial charge on any atom is -0.396 e. The molecule has 1 aromatic heterocycles. The van der Waals surface area contributed by atoms with Crippen molar-refractivity contribution in [1.82, 2.24) is 20.2 Å². The van der Waals surface area contributed by atoms with Gasteiger partial charge in [-0.1, -0.05) is 13.8 Å². The Labute approximate surface area is 144 Å². The summed E-state index contributed by atoms with van der Waals surface area (Å²) in [6.45, 7) is 8.36. The number of nitrogens with zero attached hydrogens (tertiary/aromatic N) is 3. The van der Waals surface area contributed by atoms with E-state index in [-0.39, 0.29) is 12.0 Å². The average Bonchev–Trinajstić information content (AvgIpc) is 3.18. The van der Waals surface area contributed by atoms with Gasteiger partial charge in [-0.15, -0.1) is 0 Å². The number of aliphatic imine (C=N–C) groups is 1. The van der Waals surface area contributed by atoms with Crippen LogP contribution in [0.4, 0.5) is 0 Å². The Morgan fingerprint density at radius 1 is 1.50 bits per heavy atom. The van der Waals surface area contributed by atoms with Gasteiger partial charge >= 0.3 is 0 Å². The number of nitrogens with one attached hydrogen (secondary N) is 2. The molecule has 1 fully saturated rings. The standard InChI is InChI=1S/C17H31N5O2/c1-14(2)11-22-7-6-19-15(22)10-20-16(18-3)21-12-17(4-8-23)5-9-24-13-17/h6-7,14,23H,4-5,8-13H2,1-3H3,(H2,18,20,21). The van der Waals surface area contributed by atoms with E-state index >= 15 is 0 Å². The van der Waals surface area contributed by atoms with Crippen LogP contribution in [0.2, 0.25) is 0 Å². The summed E-state index contributed by atoms with van der Waals surface area (Å²) in [5, 5.41) is 16.0. The highest BCUT2D eigenvalue weighted by molar-refractivity contribution is 5.79. The summed E-state index contributed by atoms with van der Waals surface area (Å²) in [4.78, 5) is 8.71. The van der Waals surface area contributed by atoms with Gasteiger partial charge in [0.25, 0.3) is 0 Å². The van der Waals surface area contributed by atoms with Gasteiger partial charge < -0.3 is 25.0 Å². The minimum atomic E-state index is 0.00246. The van der Waals surface area contributed by atoms with E-state index in [1.165, 1.54) is 0 Å². The zero-order chi connectivity index (χ0) is 17.4. The lowest BCUT2D eigenvalue weighted by Crippen LogP contribution is -2.44. The Kier molecular flexibility index (Phi) is 7.05. The summed E-state index contributed by atoms with van der Waals surface area (Å²) in [5.41, 5.74) is 0.00246. The van der Waals surface area contributed by atoms with E-state index in [0.29, 0.717) is 19.1 Å². The van der Waals surface area contributed by atoms with E-state index in [4.69, 9.17) is 4.74 Å². The predicted octanol–water partition coefficient (Wildman–Crippen LogP) is 0.993. The van der Waals surface area contributed by atoms with Crippen molar-refractivity contribution in [3.05, 3.63) is 18.2 Å². The first kappa shape index (κ1) is 18.7. The highest BCUT2D eigenvalue weighted by Crippen LogP contribution is 2.31. The second kappa shape index (κ2) is 9.03. The van der Waals surface area contributed by atoms with Crippen LogP contribution in [0.1, 0.15) is 32.5 Å². The number of aromatic nitrogens is 2. The van der Waals surface area contributed by atoms with Crippen LogP contribution in [-0.4, -0.2) is 54.0 Å². The van der Waals surface area contributed by atoms with Crippen molar-refractivity contribution in [2.45, 2.75) is 39.8 Å². The largest absolute Gasteiger partial charge is 0.396 e. The van der Waals surface area contributed by atoms with Gasteiger partial charge in [-0.25, -0.2) is 4.98 Å². The molecule has 1 aliphatic rings. The molecule has 0 saturated carbocycles. The smallest absolute Gasteiger partial charge is 0.191 e. The van der Waals surface area contributed by atoms with Crippen molar-refractivity contribution in [3.63, 3.8) is 0 Å². The summed E-state index contributed by atoms with van der Waals surface area (Å²) in [6.07, 6.45) is 5.56. The van der Waals surface area contributed by atoms with Crippen LogP contribution in [0.3, 0.4) is 0 Å². The lowest BCUT2D eigenvalue weighted by Gasteiger charge is -2.27. The fourth-order valence-electron chi connectivity index (χ4n) is 3.03. The summed E-state index contributed by atoms with van der Waals surface area (Å²) >= 11 is 0. The molecule has 1 saturated heterocycles. The Balaban J connectivity index is 1.85. The number of hydrogen-bond acceptors (Lipinski definition) is 4. The van der Waals surface area contributed by atoms with Crippen LogP contribution in [0.15, 0.2) is 17.4 Å². The van der Waals surface area contributed by atoms with Gasteiger partial charge in [0.2, 0.25) is 0 Å². The molecule has 1 aromatic rings. The van der Waals surface area contributed by atoms with Gasteiger partial charge in [-0.2, -0.15) is 0 Å². The third-order valence-corrected chi connectivity index (χ3v) is 4.46. The molecule has 2 heterocycles. The first-order valence-corrected chi connectivity index (χ1v) is 8.72. The van der Waals surface area contributed by atoms with Gasteiger partial charge in [0.1, 0.15) is 5.82 Å². The Morgan fingerprint density at radius 3 is 2.96 bits per heavy atom. The number of rotatable bonds is 8. The molecule has 0 spiro atoms. The molecule has 0 radical (unpaired) electrons. The second-order valence-electron chi connectivity index (χ2n) is 6.95. The Bertz CT molecular complexity index is 521. The van der Waals surface area contributed by atoms with Crippen LogP contribution in [0.25, 0.3) is 0 Å².